The number of amides is 1. The minimum Gasteiger partial charge on any atom is -0.481 e. The Morgan fingerprint density at radius 3 is 2.06 bits per heavy atom. The van der Waals surface area contributed by atoms with Gasteiger partial charge in [0.15, 0.2) is 29.9 Å². The van der Waals surface area contributed by atoms with E-state index in [0.29, 0.717) is 25.7 Å². The maximum Gasteiger partial charge on any atom is 0.508 e. The highest BCUT2D eigenvalue weighted by atomic mass is 16.8. The van der Waals surface area contributed by atoms with Gasteiger partial charge in [0.2, 0.25) is 0 Å². The van der Waals surface area contributed by atoms with Crippen LogP contribution in [0, 0.1) is 28.1 Å². The average molecular weight is 910 g/mol. The standard InChI is InChI=1S/C44H63NO19/c1-20-25-26(59-21(2)46)30(48)41(9)23(47)17-24-43(19-58-24,64-37(55)57-11)28(41)31(61-32(49)22-15-13-12-14-16-22)44(56,39(25,6)7)18-40(20,8)62-33(50)27-29(45-36(54)63-38(3,4)5)42(10,34(51)52)35(53)60-27/h22-24,26-29,31,35,47,53,56H,12-19H2,1-11H3,(H,45,54)(H,51,52)/t23-,24+,26+,27?,28?,29+,31-,35?,40-,41+,42?,43-,44+/m0/s1. The van der Waals surface area contributed by atoms with Gasteiger partial charge in [0.05, 0.1) is 43.1 Å². The average Bonchev–Trinajstić information content (AvgIpc) is 3.44. The Morgan fingerprint density at radius 2 is 1.53 bits per heavy atom. The lowest BCUT2D eigenvalue weighted by atomic mass is 9.44. The van der Waals surface area contributed by atoms with Crippen LogP contribution < -0.4 is 5.32 Å². The van der Waals surface area contributed by atoms with Crippen molar-refractivity contribution in [2.24, 2.45) is 28.1 Å². The van der Waals surface area contributed by atoms with E-state index in [4.69, 9.17) is 37.9 Å². The third-order valence-electron chi connectivity index (χ3n) is 15.1. The predicted octanol–water partition coefficient (Wildman–Crippen LogP) is 2.78. The molecule has 6 aliphatic rings. The highest BCUT2D eigenvalue weighted by Gasteiger charge is 2.79. The third kappa shape index (κ3) is 7.63. The second-order valence-electron chi connectivity index (χ2n) is 20.4. The van der Waals surface area contributed by atoms with Gasteiger partial charge in [0.25, 0.3) is 0 Å². The van der Waals surface area contributed by atoms with Crippen LogP contribution in [0.2, 0.25) is 0 Å². The predicted molar refractivity (Wildman–Crippen MR) is 216 cm³/mol. The Morgan fingerprint density at radius 1 is 0.906 bits per heavy atom. The first kappa shape index (κ1) is 49.1. The van der Waals surface area contributed by atoms with Crippen LogP contribution in [0.1, 0.15) is 114 Å². The number of Topliss-reactive ketones (excluding diaryl/α,β-unsaturated/α-hetero) is 1. The number of rotatable bonds is 8. The van der Waals surface area contributed by atoms with Crippen molar-refractivity contribution in [2.75, 3.05) is 13.7 Å². The molecule has 20 nitrogen and oxygen atoms in total. The Bertz CT molecular complexity index is 1990. The Kier molecular flexibility index (Phi) is 12.7. The highest BCUT2D eigenvalue weighted by Crippen LogP contribution is 2.66. The first-order chi connectivity index (χ1) is 29.5. The maximum absolute atomic E-state index is 15.6. The molecule has 2 heterocycles. The van der Waals surface area contributed by atoms with Crippen LogP contribution in [-0.4, -0.2) is 141 Å². The molecule has 0 aromatic carbocycles. The number of aliphatic hydroxyl groups is 3. The van der Waals surface area contributed by atoms with Gasteiger partial charge in [-0.3, -0.25) is 19.2 Å². The fourth-order valence-electron chi connectivity index (χ4n) is 11.2. The van der Waals surface area contributed by atoms with Crippen molar-refractivity contribution in [3.63, 3.8) is 0 Å². The number of ether oxygens (including phenoxy) is 8. The van der Waals surface area contributed by atoms with Crippen LogP contribution in [0.4, 0.5) is 9.59 Å². The molecular weight excluding hydrogens is 846 g/mol. The van der Waals surface area contributed by atoms with Crippen molar-refractivity contribution >= 4 is 41.9 Å². The lowest BCUT2D eigenvalue weighted by Gasteiger charge is -2.68. The number of methoxy groups -OCH3 is 1. The molecule has 0 spiro atoms. The van der Waals surface area contributed by atoms with Crippen LogP contribution in [0.25, 0.3) is 0 Å². The van der Waals surface area contributed by atoms with Gasteiger partial charge in [-0.15, -0.1) is 0 Å². The first-order valence-electron chi connectivity index (χ1n) is 21.7. The number of hydrogen-bond acceptors (Lipinski definition) is 18. The van der Waals surface area contributed by atoms with Crippen LogP contribution in [0.15, 0.2) is 11.1 Å². The summed E-state index contributed by atoms with van der Waals surface area (Å²) >= 11 is 0. The highest BCUT2D eigenvalue weighted by molar-refractivity contribution is 5.95. The number of fused-ring (bicyclic) bond motifs is 5. The molecule has 20 heteroatoms. The second kappa shape index (κ2) is 16.5. The minimum absolute atomic E-state index is 0.0707. The van der Waals surface area contributed by atoms with Gasteiger partial charge in [-0.1, -0.05) is 33.1 Å². The van der Waals surface area contributed by atoms with Gasteiger partial charge >= 0.3 is 36.1 Å². The number of carboxylic acid groups (broad SMARTS) is 1. The van der Waals surface area contributed by atoms with Gasteiger partial charge in [-0.25, -0.2) is 14.4 Å². The first-order valence-corrected chi connectivity index (χ1v) is 21.7. The molecule has 3 saturated carbocycles. The fourth-order valence-corrected chi connectivity index (χ4v) is 11.2. The Balaban J connectivity index is 1.57. The van der Waals surface area contributed by atoms with E-state index in [1.54, 1.807) is 20.8 Å². The zero-order valence-corrected chi connectivity index (χ0v) is 38.3. The molecule has 4 unspecified atom stereocenters. The molecule has 5 N–H and O–H groups in total. The van der Waals surface area contributed by atoms with E-state index < -0.39 is 148 Å². The molecule has 2 saturated heterocycles. The van der Waals surface area contributed by atoms with Gasteiger partial charge in [0.1, 0.15) is 34.4 Å². The lowest BCUT2D eigenvalue weighted by Crippen LogP contribution is -2.82. The largest absolute Gasteiger partial charge is 0.508 e. The van der Waals surface area contributed by atoms with E-state index in [-0.39, 0.29) is 17.6 Å². The second-order valence-corrected chi connectivity index (χ2v) is 20.4. The number of alkyl carbamates (subject to hydrolysis) is 1. The van der Waals surface area contributed by atoms with Gasteiger partial charge in [-0.2, -0.15) is 0 Å². The van der Waals surface area contributed by atoms with Crippen molar-refractivity contribution in [2.45, 2.75) is 179 Å². The van der Waals surface area contributed by atoms with E-state index in [1.807, 2.05) is 0 Å². The Hall–Kier alpha value is -4.37. The maximum atomic E-state index is 15.6. The van der Waals surface area contributed by atoms with Crippen LogP contribution in [-0.2, 0) is 61.9 Å². The summed E-state index contributed by atoms with van der Waals surface area (Å²) in [5.74, 6) is -7.89. The number of carbonyl (C=O) groups excluding carboxylic acids is 6. The monoisotopic (exact) mass is 909 g/mol. The number of aliphatic carboxylic acids is 1. The smallest absolute Gasteiger partial charge is 0.481 e. The summed E-state index contributed by atoms with van der Waals surface area (Å²) in [6.45, 7) is 13.6. The quantitative estimate of drug-likeness (QED) is 0.133. The number of ketones is 1. The number of aliphatic hydroxyl groups excluding tert-OH is 2. The van der Waals surface area contributed by atoms with E-state index in [2.05, 4.69) is 5.32 Å². The lowest BCUT2D eigenvalue weighted by molar-refractivity contribution is -0.347. The van der Waals surface area contributed by atoms with Gasteiger partial charge in [-0.05, 0) is 72.5 Å². The molecule has 5 fully saturated rings. The molecule has 2 bridgehead atoms. The number of carboxylic acids is 1. The zero-order valence-electron chi connectivity index (χ0n) is 38.3. The number of esters is 3. The fraction of sp³-hybridized carbons (Fsp3) is 0.795. The molecule has 1 amide bonds. The number of nitrogens with one attached hydrogen (secondary N) is 1. The van der Waals surface area contributed by atoms with E-state index in [9.17, 15) is 49.2 Å². The number of hydrogen-bond donors (Lipinski definition) is 5. The van der Waals surface area contributed by atoms with Gasteiger partial charge < -0.3 is 63.6 Å². The van der Waals surface area contributed by atoms with E-state index in [0.717, 1.165) is 27.4 Å². The third-order valence-corrected chi connectivity index (χ3v) is 15.1. The molecule has 4 aliphatic carbocycles. The van der Waals surface area contributed by atoms with Crippen molar-refractivity contribution in [1.82, 2.24) is 5.32 Å². The summed E-state index contributed by atoms with van der Waals surface area (Å²) in [4.78, 5) is 96.9. The molecule has 2 aliphatic heterocycles. The summed E-state index contributed by atoms with van der Waals surface area (Å²) in [5.41, 5.74) is -13.8. The zero-order chi connectivity index (χ0) is 47.9. The molecule has 0 radical (unpaired) electrons. The van der Waals surface area contributed by atoms with E-state index in [1.165, 1.54) is 34.6 Å². The van der Waals surface area contributed by atoms with E-state index >= 15 is 4.79 Å². The summed E-state index contributed by atoms with van der Waals surface area (Å²) < 4.78 is 46.4. The summed E-state index contributed by atoms with van der Waals surface area (Å²) in [6, 6.07) is -1.82. The van der Waals surface area contributed by atoms with Crippen LogP contribution in [0.5, 0.6) is 0 Å². The van der Waals surface area contributed by atoms with Crippen molar-refractivity contribution in [1.29, 1.82) is 0 Å². The molecule has 0 aromatic rings. The van der Waals surface area contributed by atoms with Gasteiger partial charge in [0, 0.05) is 25.2 Å². The molecule has 0 aromatic heterocycles. The normalized spacial score (nSPS) is 40.5. The van der Waals surface area contributed by atoms with Crippen LogP contribution >= 0.6 is 0 Å². The number of carbonyl (C=O) groups is 7. The molecule has 13 atom stereocenters. The summed E-state index contributed by atoms with van der Waals surface area (Å²) in [5, 5.41) is 49.7. The topological polar surface area (TPSA) is 286 Å². The van der Waals surface area contributed by atoms with Crippen molar-refractivity contribution < 1.29 is 91.9 Å². The Labute approximate surface area is 370 Å². The molecule has 358 valence electrons. The minimum atomic E-state index is -2.49. The SMILES string of the molecule is COC(=O)O[C@@]12CO[C@@H]1C[C@H](O)[C@@]1(C)C(=O)[C@H](OC(C)=O)C3=C(C)[C@@](C)(OC(=O)C4OC(O)C(C)(C(=O)O)[C@@H]4NC(=O)OC(C)(C)C)C[C@@](O)([C@@H](OC(=O)C4CCCCC4)C12)C3(C)C. The van der Waals surface area contributed by atoms with Crippen molar-refractivity contribution in [3.8, 4) is 0 Å². The molecular formula is C44H63NO19. The molecule has 64 heavy (non-hydrogen) atoms. The summed E-state index contributed by atoms with van der Waals surface area (Å²) in [6.07, 6.45) is -10.9. The van der Waals surface area contributed by atoms with Crippen LogP contribution in [0.3, 0.4) is 0 Å². The van der Waals surface area contributed by atoms with Crippen molar-refractivity contribution in [3.05, 3.63) is 11.1 Å². The molecule has 6 rings (SSSR count). The summed E-state index contributed by atoms with van der Waals surface area (Å²) in [7, 11) is 1.06.